The van der Waals surface area contributed by atoms with E-state index < -0.39 is 23.4 Å². The van der Waals surface area contributed by atoms with Gasteiger partial charge < -0.3 is 5.32 Å². The second kappa shape index (κ2) is 4.08. The van der Waals surface area contributed by atoms with Gasteiger partial charge in [0, 0.05) is 13.2 Å². The van der Waals surface area contributed by atoms with Crippen LogP contribution in [0.3, 0.4) is 0 Å². The Labute approximate surface area is 95.4 Å². The van der Waals surface area contributed by atoms with Crippen molar-refractivity contribution in [3.05, 3.63) is 12.3 Å². The fourth-order valence-electron chi connectivity index (χ4n) is 1.46. The lowest BCUT2D eigenvalue weighted by molar-refractivity contribution is -0.210. The highest BCUT2D eigenvalue weighted by Crippen LogP contribution is 2.47. The van der Waals surface area contributed by atoms with E-state index in [1.807, 2.05) is 0 Å². The highest BCUT2D eigenvalue weighted by atomic mass is 35.5. The molecule has 90 valence electrons. The molecule has 0 aliphatic carbocycles. The number of nitrogens with one attached hydrogen (secondary N) is 1. The molecule has 0 spiro atoms. The molecule has 3 nitrogen and oxygen atoms in total. The lowest BCUT2D eigenvalue weighted by Crippen LogP contribution is -2.50. The van der Waals surface area contributed by atoms with E-state index in [2.05, 4.69) is 10.3 Å². The van der Waals surface area contributed by atoms with E-state index in [0.717, 1.165) is 19.2 Å². The zero-order valence-corrected chi connectivity index (χ0v) is 9.36. The van der Waals surface area contributed by atoms with Crippen molar-refractivity contribution < 1.29 is 18.0 Å². The summed E-state index contributed by atoms with van der Waals surface area (Å²) in [6.45, 7) is 0.917. The monoisotopic (exact) mass is 254 g/mol. The van der Waals surface area contributed by atoms with Gasteiger partial charge in [-0.15, -0.1) is 0 Å². The summed E-state index contributed by atoms with van der Waals surface area (Å²) in [5, 5.41) is 1.79. The summed E-state index contributed by atoms with van der Waals surface area (Å²) in [4.78, 5) is 15.0. The Morgan fingerprint density at radius 1 is 1.62 bits per heavy atom. The van der Waals surface area contributed by atoms with Crippen molar-refractivity contribution in [3.8, 4) is 0 Å². The third-order valence-corrected chi connectivity index (χ3v) is 2.89. The number of rotatable bonds is 1. The first kappa shape index (κ1) is 13.0. The Morgan fingerprint density at radius 2 is 2.19 bits per heavy atom. The van der Waals surface area contributed by atoms with Gasteiger partial charge in [-0.3, -0.25) is 4.79 Å². The molecule has 0 bridgehead atoms. The number of aliphatic imine (C=N–C) groups is 1. The molecule has 1 heterocycles. The molecule has 1 N–H and O–H groups in total. The molecule has 0 aromatic rings. The Bertz CT molecular complexity index is 364. The summed E-state index contributed by atoms with van der Waals surface area (Å²) in [7, 11) is 1.25. The lowest BCUT2D eigenvalue weighted by Gasteiger charge is -2.36. The van der Waals surface area contributed by atoms with Crippen LogP contribution in [0.15, 0.2) is 17.3 Å². The second-order valence-corrected chi connectivity index (χ2v) is 3.98. The number of allylic oxidation sites excluding steroid dienone is 1. The highest BCUT2D eigenvalue weighted by Gasteiger charge is 2.58. The van der Waals surface area contributed by atoms with Crippen LogP contribution < -0.4 is 5.32 Å². The first-order valence-corrected chi connectivity index (χ1v) is 4.81. The Kier molecular flexibility index (Phi) is 3.33. The van der Waals surface area contributed by atoms with Crippen molar-refractivity contribution >= 4 is 22.7 Å². The quantitative estimate of drug-likeness (QED) is 0.765. The Morgan fingerprint density at radius 3 is 2.62 bits per heavy atom. The summed E-state index contributed by atoms with van der Waals surface area (Å²) < 4.78 is 38.7. The van der Waals surface area contributed by atoms with Gasteiger partial charge in [-0.2, -0.15) is 13.2 Å². The molecule has 0 aromatic heterocycles. The van der Waals surface area contributed by atoms with Gasteiger partial charge in [0.2, 0.25) is 5.91 Å². The molecule has 0 fully saturated rings. The molecule has 1 rings (SSSR count). The van der Waals surface area contributed by atoms with Gasteiger partial charge in [-0.05, 0) is 6.92 Å². The standard InChI is InChI=1S/C9H10ClF3N2O/c1-8(9(11,12)13)3-4-15-6(10)5(8)7(16)14-2/h3-5H,1-2H3,(H,14,16). The summed E-state index contributed by atoms with van der Waals surface area (Å²) in [5.41, 5.74) is -2.33. The summed E-state index contributed by atoms with van der Waals surface area (Å²) >= 11 is 5.58. The van der Waals surface area contributed by atoms with Gasteiger partial charge in [-0.25, -0.2) is 4.99 Å². The largest absolute Gasteiger partial charge is 0.398 e. The van der Waals surface area contributed by atoms with Crippen molar-refractivity contribution in [1.82, 2.24) is 5.32 Å². The molecule has 2 atom stereocenters. The number of carbonyl (C=O) groups excluding carboxylic acids is 1. The average molecular weight is 255 g/mol. The van der Waals surface area contributed by atoms with Gasteiger partial charge in [0.25, 0.3) is 0 Å². The van der Waals surface area contributed by atoms with E-state index in [4.69, 9.17) is 11.6 Å². The fraction of sp³-hybridized carbons (Fsp3) is 0.556. The Hall–Kier alpha value is -1.04. The number of carbonyl (C=O) groups is 1. The zero-order valence-electron chi connectivity index (χ0n) is 8.60. The van der Waals surface area contributed by atoms with Crippen molar-refractivity contribution in [2.75, 3.05) is 7.05 Å². The van der Waals surface area contributed by atoms with E-state index in [9.17, 15) is 18.0 Å². The third-order valence-electron chi connectivity index (χ3n) is 2.58. The van der Waals surface area contributed by atoms with E-state index in [-0.39, 0.29) is 5.17 Å². The summed E-state index contributed by atoms with van der Waals surface area (Å²) in [6.07, 6.45) is -2.76. The predicted molar refractivity (Wildman–Crippen MR) is 54.1 cm³/mol. The minimum Gasteiger partial charge on any atom is -0.359 e. The van der Waals surface area contributed by atoms with Crippen LogP contribution in [0.1, 0.15) is 6.92 Å². The first-order chi connectivity index (χ1) is 7.24. The zero-order chi connectivity index (χ0) is 12.6. The molecule has 0 aromatic carbocycles. The molecule has 0 saturated carbocycles. The van der Waals surface area contributed by atoms with E-state index in [1.165, 1.54) is 7.05 Å². The number of nitrogens with zero attached hydrogens (tertiary/aromatic N) is 1. The number of halogens is 4. The van der Waals surface area contributed by atoms with Gasteiger partial charge in [0.15, 0.2) is 0 Å². The normalized spacial score (nSPS) is 29.9. The average Bonchev–Trinajstić information content (AvgIpc) is 2.15. The topological polar surface area (TPSA) is 41.5 Å². The molecule has 2 unspecified atom stereocenters. The molecular formula is C9H10ClF3N2O. The Balaban J connectivity index is 3.23. The van der Waals surface area contributed by atoms with Crippen LogP contribution in [-0.4, -0.2) is 24.3 Å². The van der Waals surface area contributed by atoms with Gasteiger partial charge in [0.1, 0.15) is 16.5 Å². The predicted octanol–water partition coefficient (Wildman–Crippen LogP) is 2.08. The van der Waals surface area contributed by atoms with Gasteiger partial charge in [0.05, 0.1) is 0 Å². The number of amides is 1. The minimum absolute atomic E-state index is 0.360. The maximum atomic E-state index is 12.9. The van der Waals surface area contributed by atoms with Crippen LogP contribution in [0, 0.1) is 11.3 Å². The van der Waals surface area contributed by atoms with Crippen molar-refractivity contribution in [2.24, 2.45) is 16.3 Å². The summed E-state index contributed by atoms with van der Waals surface area (Å²) in [5.74, 6) is -2.35. The molecule has 7 heteroatoms. The molecule has 16 heavy (non-hydrogen) atoms. The second-order valence-electron chi connectivity index (χ2n) is 3.60. The SMILES string of the molecule is CNC(=O)C1C(Cl)=NC=CC1(C)C(F)(F)F. The smallest absolute Gasteiger partial charge is 0.359 e. The van der Waals surface area contributed by atoms with Crippen LogP contribution >= 0.6 is 11.6 Å². The maximum absolute atomic E-state index is 12.9. The fourth-order valence-corrected chi connectivity index (χ4v) is 1.85. The number of hydrogen-bond donors (Lipinski definition) is 1. The van der Waals surface area contributed by atoms with Crippen molar-refractivity contribution in [1.29, 1.82) is 0 Å². The van der Waals surface area contributed by atoms with E-state index >= 15 is 0 Å². The van der Waals surface area contributed by atoms with Crippen LogP contribution in [0.25, 0.3) is 0 Å². The maximum Gasteiger partial charge on any atom is 0.398 e. The molecule has 1 aliphatic rings. The molecule has 1 amide bonds. The highest BCUT2D eigenvalue weighted by molar-refractivity contribution is 6.67. The first-order valence-electron chi connectivity index (χ1n) is 4.43. The summed E-state index contributed by atoms with van der Waals surface area (Å²) in [6, 6.07) is 0. The molecule has 0 radical (unpaired) electrons. The van der Waals surface area contributed by atoms with Crippen molar-refractivity contribution in [2.45, 2.75) is 13.1 Å². The number of alkyl halides is 3. The van der Waals surface area contributed by atoms with E-state index in [1.54, 1.807) is 0 Å². The van der Waals surface area contributed by atoms with Gasteiger partial charge >= 0.3 is 6.18 Å². The minimum atomic E-state index is -4.57. The molecular weight excluding hydrogens is 245 g/mol. The van der Waals surface area contributed by atoms with Crippen LogP contribution in [0.4, 0.5) is 13.2 Å². The van der Waals surface area contributed by atoms with Crippen LogP contribution in [0.2, 0.25) is 0 Å². The van der Waals surface area contributed by atoms with Gasteiger partial charge in [-0.1, -0.05) is 17.7 Å². The molecule has 1 aliphatic heterocycles. The third kappa shape index (κ3) is 1.93. The van der Waals surface area contributed by atoms with Crippen LogP contribution in [0.5, 0.6) is 0 Å². The molecule has 0 saturated heterocycles. The van der Waals surface area contributed by atoms with E-state index in [0.29, 0.717) is 0 Å². The van der Waals surface area contributed by atoms with Crippen molar-refractivity contribution in [3.63, 3.8) is 0 Å². The number of hydrogen-bond acceptors (Lipinski definition) is 2. The lowest BCUT2D eigenvalue weighted by atomic mass is 9.75. The van der Waals surface area contributed by atoms with Crippen LogP contribution in [-0.2, 0) is 4.79 Å².